The summed E-state index contributed by atoms with van der Waals surface area (Å²) in [6.07, 6.45) is 1.28. The molecule has 0 heterocycles. The van der Waals surface area contributed by atoms with Crippen LogP contribution in [0.25, 0.3) is 0 Å². The molecule has 0 saturated carbocycles. The first-order chi connectivity index (χ1) is 9.54. The number of carbonyl (C=O) groups excluding carboxylic acids is 1. The van der Waals surface area contributed by atoms with Crippen molar-refractivity contribution in [1.29, 1.82) is 0 Å². The molecule has 0 aliphatic carbocycles. The van der Waals surface area contributed by atoms with E-state index in [1.54, 1.807) is 4.90 Å². The van der Waals surface area contributed by atoms with Gasteiger partial charge in [0.1, 0.15) is 5.75 Å². The molecule has 0 spiro atoms. The number of aryl methyl sites for hydroxylation is 2. The molecule has 0 saturated heterocycles. The van der Waals surface area contributed by atoms with Crippen LogP contribution in [0.3, 0.4) is 0 Å². The van der Waals surface area contributed by atoms with Gasteiger partial charge in [0.15, 0.2) is 0 Å². The minimum absolute atomic E-state index is 0.170. The molecule has 20 heavy (non-hydrogen) atoms. The Morgan fingerprint density at radius 1 is 1.30 bits per heavy atom. The molecule has 0 aliphatic rings. The second kappa shape index (κ2) is 8.59. The topological polar surface area (TPSA) is 41.6 Å². The van der Waals surface area contributed by atoms with Gasteiger partial charge in [-0.05, 0) is 50.6 Å². The van der Waals surface area contributed by atoms with Crippen LogP contribution >= 0.6 is 0 Å². The zero-order valence-corrected chi connectivity index (χ0v) is 13.0. The Morgan fingerprint density at radius 3 is 2.70 bits per heavy atom. The molecular formula is C16H26N2O2. The smallest absolute Gasteiger partial charge is 0.222 e. The summed E-state index contributed by atoms with van der Waals surface area (Å²) in [5.74, 6) is 1.05. The monoisotopic (exact) mass is 278 g/mol. The zero-order chi connectivity index (χ0) is 15.0. The van der Waals surface area contributed by atoms with E-state index in [1.807, 2.05) is 26.2 Å². The molecule has 0 aliphatic heterocycles. The summed E-state index contributed by atoms with van der Waals surface area (Å²) in [6.45, 7) is 6.30. The van der Waals surface area contributed by atoms with E-state index in [0.717, 1.165) is 25.3 Å². The lowest BCUT2D eigenvalue weighted by Crippen LogP contribution is -2.32. The van der Waals surface area contributed by atoms with Crippen molar-refractivity contribution in [1.82, 2.24) is 10.2 Å². The highest BCUT2D eigenvalue weighted by molar-refractivity contribution is 5.75. The van der Waals surface area contributed by atoms with Crippen molar-refractivity contribution in [3.05, 3.63) is 29.3 Å². The number of benzene rings is 1. The van der Waals surface area contributed by atoms with Crippen molar-refractivity contribution in [2.45, 2.75) is 26.7 Å². The van der Waals surface area contributed by atoms with Gasteiger partial charge in [-0.15, -0.1) is 0 Å². The molecule has 0 aromatic heterocycles. The molecule has 1 rings (SSSR count). The summed E-state index contributed by atoms with van der Waals surface area (Å²) in [5.41, 5.74) is 2.49. The summed E-state index contributed by atoms with van der Waals surface area (Å²) in [4.78, 5) is 13.6. The van der Waals surface area contributed by atoms with Crippen molar-refractivity contribution < 1.29 is 9.53 Å². The van der Waals surface area contributed by atoms with E-state index >= 15 is 0 Å². The summed E-state index contributed by atoms with van der Waals surface area (Å²) < 4.78 is 5.67. The molecule has 1 aromatic carbocycles. The Bertz CT molecular complexity index is 432. The van der Waals surface area contributed by atoms with Gasteiger partial charge in [-0.2, -0.15) is 0 Å². The fourth-order valence-electron chi connectivity index (χ4n) is 1.81. The van der Waals surface area contributed by atoms with Crippen LogP contribution in [0.4, 0.5) is 0 Å². The van der Waals surface area contributed by atoms with Gasteiger partial charge in [0.2, 0.25) is 5.91 Å². The minimum Gasteiger partial charge on any atom is -0.494 e. The maximum atomic E-state index is 11.8. The first-order valence-corrected chi connectivity index (χ1v) is 7.13. The van der Waals surface area contributed by atoms with Gasteiger partial charge in [-0.25, -0.2) is 0 Å². The molecule has 0 atom stereocenters. The summed E-state index contributed by atoms with van der Waals surface area (Å²) in [5, 5.41) is 3.03. The largest absolute Gasteiger partial charge is 0.494 e. The van der Waals surface area contributed by atoms with Crippen molar-refractivity contribution >= 4 is 5.91 Å². The van der Waals surface area contributed by atoms with Crippen LogP contribution in [0, 0.1) is 13.8 Å². The van der Waals surface area contributed by atoms with E-state index in [1.165, 1.54) is 11.1 Å². The molecule has 4 heteroatoms. The van der Waals surface area contributed by atoms with Gasteiger partial charge in [-0.1, -0.05) is 6.07 Å². The van der Waals surface area contributed by atoms with Gasteiger partial charge in [0.05, 0.1) is 6.61 Å². The second-order valence-corrected chi connectivity index (χ2v) is 5.12. The fraction of sp³-hybridized carbons (Fsp3) is 0.562. The zero-order valence-electron chi connectivity index (χ0n) is 13.0. The number of ether oxygens (including phenoxy) is 1. The average molecular weight is 278 g/mol. The number of hydrogen-bond donors (Lipinski definition) is 1. The number of carbonyl (C=O) groups is 1. The Labute approximate surface area is 122 Å². The first kappa shape index (κ1) is 16.5. The van der Waals surface area contributed by atoms with Crippen LogP contribution in [0.15, 0.2) is 18.2 Å². The summed E-state index contributed by atoms with van der Waals surface area (Å²) in [6, 6.07) is 6.07. The molecule has 1 N–H and O–H groups in total. The Hall–Kier alpha value is -1.55. The van der Waals surface area contributed by atoms with Crippen molar-refractivity contribution in [3.8, 4) is 5.75 Å². The second-order valence-electron chi connectivity index (χ2n) is 5.12. The lowest BCUT2D eigenvalue weighted by atomic mass is 10.1. The predicted molar refractivity (Wildman–Crippen MR) is 82.2 cm³/mol. The maximum absolute atomic E-state index is 11.8. The lowest BCUT2D eigenvalue weighted by molar-refractivity contribution is -0.130. The third kappa shape index (κ3) is 5.61. The van der Waals surface area contributed by atoms with E-state index < -0.39 is 0 Å². The van der Waals surface area contributed by atoms with Crippen molar-refractivity contribution in [3.63, 3.8) is 0 Å². The van der Waals surface area contributed by atoms with E-state index in [-0.39, 0.29) is 5.91 Å². The fourth-order valence-corrected chi connectivity index (χ4v) is 1.81. The highest BCUT2D eigenvalue weighted by Crippen LogP contribution is 2.16. The Balaban J connectivity index is 2.24. The number of amides is 1. The normalized spacial score (nSPS) is 10.4. The van der Waals surface area contributed by atoms with E-state index in [0.29, 0.717) is 13.0 Å². The number of nitrogens with zero attached hydrogens (tertiary/aromatic N) is 1. The molecular weight excluding hydrogens is 252 g/mol. The van der Waals surface area contributed by atoms with E-state index in [4.69, 9.17) is 4.74 Å². The highest BCUT2D eigenvalue weighted by atomic mass is 16.5. The molecule has 1 amide bonds. The Morgan fingerprint density at radius 2 is 2.05 bits per heavy atom. The summed E-state index contributed by atoms with van der Waals surface area (Å²) >= 11 is 0. The van der Waals surface area contributed by atoms with Crippen LogP contribution in [0.5, 0.6) is 5.75 Å². The molecule has 1 aromatic rings. The quantitative estimate of drug-likeness (QED) is 0.741. The van der Waals surface area contributed by atoms with Crippen LogP contribution in [0.2, 0.25) is 0 Å². The van der Waals surface area contributed by atoms with Crippen LogP contribution in [0.1, 0.15) is 24.0 Å². The van der Waals surface area contributed by atoms with Crippen LogP contribution in [-0.4, -0.2) is 44.6 Å². The van der Waals surface area contributed by atoms with Crippen LogP contribution < -0.4 is 10.1 Å². The minimum atomic E-state index is 0.170. The predicted octanol–water partition coefficient (Wildman–Crippen LogP) is 2.14. The third-order valence-electron chi connectivity index (χ3n) is 3.41. The number of nitrogens with one attached hydrogen (secondary N) is 1. The number of likely N-dealkylation sites (N-methyl/N-ethyl adjacent to an activating group) is 2. The van der Waals surface area contributed by atoms with E-state index in [2.05, 4.69) is 25.2 Å². The molecule has 0 radical (unpaired) electrons. The summed E-state index contributed by atoms with van der Waals surface area (Å²) in [7, 11) is 3.72. The molecule has 0 unspecified atom stereocenters. The van der Waals surface area contributed by atoms with Crippen molar-refractivity contribution in [2.75, 3.05) is 33.8 Å². The lowest BCUT2D eigenvalue weighted by Gasteiger charge is -2.16. The van der Waals surface area contributed by atoms with Gasteiger partial charge in [0, 0.05) is 26.6 Å². The highest BCUT2D eigenvalue weighted by Gasteiger charge is 2.07. The molecule has 4 nitrogen and oxygen atoms in total. The molecule has 112 valence electrons. The maximum Gasteiger partial charge on any atom is 0.222 e. The van der Waals surface area contributed by atoms with Gasteiger partial charge in [0.25, 0.3) is 0 Å². The third-order valence-corrected chi connectivity index (χ3v) is 3.41. The van der Waals surface area contributed by atoms with Gasteiger partial charge >= 0.3 is 0 Å². The average Bonchev–Trinajstić information content (AvgIpc) is 2.44. The SMILES string of the molecule is CNCCN(C)C(=O)CCCOc1ccc(C)c(C)c1. The standard InChI is InChI=1S/C16H26N2O2/c1-13-7-8-15(12-14(13)2)20-11-5-6-16(19)18(4)10-9-17-3/h7-8,12,17H,5-6,9-11H2,1-4H3. The number of rotatable bonds is 8. The van der Waals surface area contributed by atoms with Gasteiger partial charge in [-0.3, -0.25) is 4.79 Å². The Kier molecular flexibility index (Phi) is 7.09. The number of hydrogen-bond acceptors (Lipinski definition) is 3. The first-order valence-electron chi connectivity index (χ1n) is 7.13. The molecule has 0 bridgehead atoms. The van der Waals surface area contributed by atoms with Crippen LogP contribution in [-0.2, 0) is 4.79 Å². The molecule has 0 fully saturated rings. The van der Waals surface area contributed by atoms with E-state index in [9.17, 15) is 4.79 Å². The van der Waals surface area contributed by atoms with Crippen molar-refractivity contribution in [2.24, 2.45) is 0 Å². The van der Waals surface area contributed by atoms with Gasteiger partial charge < -0.3 is 15.0 Å².